The second-order valence-electron chi connectivity index (χ2n) is 11.2. The number of hydrogen-bond acceptors (Lipinski definition) is 6. The molecule has 226 valence electrons. The van der Waals surface area contributed by atoms with Crippen molar-refractivity contribution in [2.45, 2.75) is 56.1 Å². The Labute approximate surface area is 243 Å². The number of likely N-dealkylation sites (tertiary alicyclic amines) is 1. The fourth-order valence-electron chi connectivity index (χ4n) is 6.58. The van der Waals surface area contributed by atoms with Crippen LogP contribution in [0.4, 0.5) is 18.0 Å². The molecule has 2 atom stereocenters. The molecule has 11 heteroatoms. The molecule has 2 N–H and O–H groups in total. The predicted octanol–water partition coefficient (Wildman–Crippen LogP) is 4.59. The molecular formula is C31H37F3N4O4. The highest BCUT2D eigenvalue weighted by atomic mass is 19.2. The average Bonchev–Trinajstić information content (AvgIpc) is 3.46. The van der Waals surface area contributed by atoms with Crippen LogP contribution in [0.3, 0.4) is 0 Å². The van der Waals surface area contributed by atoms with Gasteiger partial charge in [0.1, 0.15) is 5.82 Å². The number of ether oxygens (including phenoxy) is 2. The van der Waals surface area contributed by atoms with Gasteiger partial charge in [-0.2, -0.15) is 0 Å². The van der Waals surface area contributed by atoms with Crippen LogP contribution in [-0.4, -0.2) is 74.5 Å². The van der Waals surface area contributed by atoms with E-state index in [0.29, 0.717) is 18.3 Å². The van der Waals surface area contributed by atoms with E-state index >= 15 is 0 Å². The molecule has 0 unspecified atom stereocenters. The third-order valence-corrected chi connectivity index (χ3v) is 8.69. The van der Waals surface area contributed by atoms with E-state index in [0.717, 1.165) is 56.3 Å². The van der Waals surface area contributed by atoms with Crippen LogP contribution in [0.1, 0.15) is 55.2 Å². The van der Waals surface area contributed by atoms with Gasteiger partial charge in [-0.1, -0.05) is 24.3 Å². The molecule has 1 saturated heterocycles. The quantitative estimate of drug-likeness (QED) is 0.462. The number of nitrogens with zero attached hydrogens (tertiary/aromatic N) is 2. The SMILES string of the molecule is COCC1=C(C(=O)OC)[C@H](c2ccc(F)c(F)c2)N(C(=O)N[C@@H]2CCN(C3CCC(c4ccccc4F)CC3)C2)CN1. The Morgan fingerprint density at radius 3 is 2.43 bits per heavy atom. The molecule has 2 aliphatic heterocycles. The Balaban J connectivity index is 1.27. The van der Waals surface area contributed by atoms with Crippen molar-refractivity contribution < 1.29 is 32.2 Å². The third-order valence-electron chi connectivity index (χ3n) is 8.69. The smallest absolute Gasteiger partial charge is 0.338 e. The molecule has 5 rings (SSSR count). The van der Waals surface area contributed by atoms with E-state index in [9.17, 15) is 22.8 Å². The van der Waals surface area contributed by atoms with Crippen molar-refractivity contribution in [3.05, 3.63) is 82.3 Å². The number of hydrogen-bond donors (Lipinski definition) is 2. The predicted molar refractivity (Wildman–Crippen MR) is 150 cm³/mol. The molecule has 42 heavy (non-hydrogen) atoms. The molecular weight excluding hydrogens is 549 g/mol. The van der Waals surface area contributed by atoms with E-state index in [4.69, 9.17) is 9.47 Å². The van der Waals surface area contributed by atoms with Crippen LogP contribution in [0.15, 0.2) is 53.7 Å². The summed E-state index contributed by atoms with van der Waals surface area (Å²) in [5.74, 6) is -2.74. The minimum atomic E-state index is -1.08. The van der Waals surface area contributed by atoms with Crippen molar-refractivity contribution in [1.82, 2.24) is 20.4 Å². The summed E-state index contributed by atoms with van der Waals surface area (Å²) in [7, 11) is 2.69. The second-order valence-corrected chi connectivity index (χ2v) is 11.2. The van der Waals surface area contributed by atoms with Crippen molar-refractivity contribution >= 4 is 12.0 Å². The second kappa shape index (κ2) is 13.2. The van der Waals surface area contributed by atoms with Gasteiger partial charge in [0.15, 0.2) is 11.6 Å². The van der Waals surface area contributed by atoms with Crippen LogP contribution in [-0.2, 0) is 14.3 Å². The molecule has 1 saturated carbocycles. The minimum absolute atomic E-state index is 0.0190. The van der Waals surface area contributed by atoms with Gasteiger partial charge in [-0.05, 0) is 67.3 Å². The first-order valence-electron chi connectivity index (χ1n) is 14.3. The van der Waals surface area contributed by atoms with Gasteiger partial charge >= 0.3 is 12.0 Å². The van der Waals surface area contributed by atoms with Gasteiger partial charge in [0, 0.05) is 32.3 Å². The Kier molecular flexibility index (Phi) is 9.37. The zero-order valence-electron chi connectivity index (χ0n) is 23.9. The summed E-state index contributed by atoms with van der Waals surface area (Å²) in [5.41, 5.74) is 1.52. The van der Waals surface area contributed by atoms with Crippen molar-refractivity contribution in [3.8, 4) is 0 Å². The van der Waals surface area contributed by atoms with Crippen LogP contribution in [0, 0.1) is 17.5 Å². The van der Waals surface area contributed by atoms with Crippen molar-refractivity contribution in [2.75, 3.05) is 40.6 Å². The molecule has 2 heterocycles. The van der Waals surface area contributed by atoms with E-state index < -0.39 is 29.7 Å². The number of benzene rings is 2. The topological polar surface area (TPSA) is 83.1 Å². The molecule has 2 aromatic carbocycles. The van der Waals surface area contributed by atoms with Gasteiger partial charge in [0.2, 0.25) is 0 Å². The number of nitrogens with one attached hydrogen (secondary N) is 2. The molecule has 0 aromatic heterocycles. The number of carbonyl (C=O) groups is 2. The summed E-state index contributed by atoms with van der Waals surface area (Å²) in [4.78, 5) is 30.4. The van der Waals surface area contributed by atoms with Gasteiger partial charge in [-0.15, -0.1) is 0 Å². The van der Waals surface area contributed by atoms with Crippen LogP contribution in [0.2, 0.25) is 0 Å². The van der Waals surface area contributed by atoms with E-state index in [2.05, 4.69) is 15.5 Å². The lowest BCUT2D eigenvalue weighted by Gasteiger charge is -2.39. The molecule has 8 nitrogen and oxygen atoms in total. The number of esters is 1. The first-order valence-corrected chi connectivity index (χ1v) is 14.3. The lowest BCUT2D eigenvalue weighted by molar-refractivity contribution is -0.137. The zero-order valence-corrected chi connectivity index (χ0v) is 23.9. The normalized spacial score (nSPS) is 24.8. The highest BCUT2D eigenvalue weighted by Gasteiger charge is 2.40. The minimum Gasteiger partial charge on any atom is -0.466 e. The van der Waals surface area contributed by atoms with Crippen LogP contribution >= 0.6 is 0 Å². The summed E-state index contributed by atoms with van der Waals surface area (Å²) in [6.07, 6.45) is 4.51. The summed E-state index contributed by atoms with van der Waals surface area (Å²) in [5, 5.41) is 6.15. The number of halogens is 3. The molecule has 0 radical (unpaired) electrons. The maximum absolute atomic E-state index is 14.3. The summed E-state index contributed by atoms with van der Waals surface area (Å²) < 4.78 is 52.7. The Hall–Kier alpha value is -3.57. The molecule has 0 bridgehead atoms. The van der Waals surface area contributed by atoms with E-state index in [1.807, 2.05) is 12.1 Å². The van der Waals surface area contributed by atoms with Crippen LogP contribution < -0.4 is 10.6 Å². The van der Waals surface area contributed by atoms with Crippen molar-refractivity contribution in [1.29, 1.82) is 0 Å². The largest absolute Gasteiger partial charge is 0.466 e. The molecule has 2 amide bonds. The first kappa shape index (κ1) is 29.9. The lowest BCUT2D eigenvalue weighted by Crippen LogP contribution is -2.54. The Bertz CT molecular complexity index is 1330. The molecule has 3 aliphatic rings. The maximum Gasteiger partial charge on any atom is 0.338 e. The number of carbonyl (C=O) groups excluding carboxylic acids is 2. The van der Waals surface area contributed by atoms with Gasteiger partial charge in [0.05, 0.1) is 37.7 Å². The summed E-state index contributed by atoms with van der Waals surface area (Å²) in [6.45, 7) is 1.56. The number of amides is 2. The van der Waals surface area contributed by atoms with Crippen molar-refractivity contribution in [2.24, 2.45) is 0 Å². The molecule has 1 aliphatic carbocycles. The molecule has 0 spiro atoms. The van der Waals surface area contributed by atoms with E-state index in [1.54, 1.807) is 6.07 Å². The first-order chi connectivity index (χ1) is 20.3. The Morgan fingerprint density at radius 2 is 1.74 bits per heavy atom. The van der Waals surface area contributed by atoms with E-state index in [-0.39, 0.29) is 42.2 Å². The van der Waals surface area contributed by atoms with E-state index in [1.165, 1.54) is 31.3 Å². The van der Waals surface area contributed by atoms with Crippen LogP contribution in [0.5, 0.6) is 0 Å². The maximum atomic E-state index is 14.3. The third kappa shape index (κ3) is 6.27. The zero-order chi connectivity index (χ0) is 29.8. The highest BCUT2D eigenvalue weighted by molar-refractivity contribution is 5.92. The van der Waals surface area contributed by atoms with Crippen molar-refractivity contribution in [3.63, 3.8) is 0 Å². The molecule has 2 fully saturated rings. The number of rotatable bonds is 7. The standard InChI is InChI=1S/C31H37F3N4O4/c1-41-17-27-28(30(39)42-2)29(20-9-12-25(33)26(34)15-20)38(18-35-27)31(40)36-21-13-14-37(16-21)22-10-7-19(8-11-22)23-5-3-4-6-24(23)32/h3-6,9,12,15,19,21-22,29,35H,7-8,10-11,13-14,16-18H2,1-2H3,(H,36,40)/t19?,21-,22?,29+/m1/s1. The van der Waals surface area contributed by atoms with Gasteiger partial charge in [-0.3, -0.25) is 9.80 Å². The number of methoxy groups -OCH3 is 2. The van der Waals surface area contributed by atoms with Gasteiger partial charge < -0.3 is 20.1 Å². The fourth-order valence-corrected chi connectivity index (χ4v) is 6.58. The lowest BCUT2D eigenvalue weighted by atomic mass is 9.81. The fraction of sp³-hybridized carbons (Fsp3) is 0.484. The van der Waals surface area contributed by atoms with Gasteiger partial charge in [0.25, 0.3) is 0 Å². The Morgan fingerprint density at radius 1 is 0.976 bits per heavy atom. The summed E-state index contributed by atoms with van der Waals surface area (Å²) >= 11 is 0. The molecule has 2 aromatic rings. The summed E-state index contributed by atoms with van der Waals surface area (Å²) in [6, 6.07) is 9.11. The number of urea groups is 1. The monoisotopic (exact) mass is 586 g/mol. The highest BCUT2D eigenvalue weighted by Crippen LogP contribution is 2.37. The average molecular weight is 587 g/mol. The van der Waals surface area contributed by atoms with Crippen LogP contribution in [0.25, 0.3) is 0 Å². The van der Waals surface area contributed by atoms with Gasteiger partial charge in [-0.25, -0.2) is 22.8 Å².